The Morgan fingerprint density at radius 3 is 2.77 bits per heavy atom. The summed E-state index contributed by atoms with van der Waals surface area (Å²) in [5.41, 5.74) is 1.30. The van der Waals surface area contributed by atoms with Gasteiger partial charge < -0.3 is 15.0 Å². The molecule has 0 bridgehead atoms. The van der Waals surface area contributed by atoms with Gasteiger partial charge in [0.05, 0.1) is 7.11 Å². The molecular weight excluding hydrogens is 389 g/mol. The molecule has 1 aliphatic carbocycles. The second kappa shape index (κ2) is 7.44. The molecule has 0 radical (unpaired) electrons. The van der Waals surface area contributed by atoms with E-state index in [2.05, 4.69) is 5.32 Å². The van der Waals surface area contributed by atoms with Gasteiger partial charge in [-0.3, -0.25) is 14.5 Å². The van der Waals surface area contributed by atoms with Gasteiger partial charge in [-0.05, 0) is 41.7 Å². The molecule has 4 amide bonds. The standard InChI is InChI=1S/C22H22FN3O4/c1-25(12-14-7-8-18(30-2)17(23)11-14)19(27)13-26-20(28)22(24-21(26)29)10-9-15-5-3-4-6-16(15)22/h3-8,11H,9-10,12-13H2,1-2H3,(H,24,29)/t22-/m1/s1. The fourth-order valence-electron chi connectivity index (χ4n) is 4.16. The predicted octanol–water partition coefficient (Wildman–Crippen LogP) is 2.19. The quantitative estimate of drug-likeness (QED) is 0.765. The first-order valence-corrected chi connectivity index (χ1v) is 9.64. The number of methoxy groups -OCH3 is 1. The van der Waals surface area contributed by atoms with E-state index in [9.17, 15) is 18.8 Å². The largest absolute Gasteiger partial charge is 0.494 e. The van der Waals surface area contributed by atoms with Crippen LogP contribution in [0, 0.1) is 5.82 Å². The van der Waals surface area contributed by atoms with Crippen molar-refractivity contribution in [2.45, 2.75) is 24.9 Å². The van der Waals surface area contributed by atoms with Crippen molar-refractivity contribution in [2.24, 2.45) is 0 Å². The summed E-state index contributed by atoms with van der Waals surface area (Å²) in [5.74, 6) is -1.23. The molecular formula is C22H22FN3O4. The van der Waals surface area contributed by atoms with Crippen molar-refractivity contribution < 1.29 is 23.5 Å². The van der Waals surface area contributed by atoms with Crippen LogP contribution in [-0.2, 0) is 28.1 Å². The molecule has 1 aliphatic heterocycles. The normalized spacial score (nSPS) is 19.8. The smallest absolute Gasteiger partial charge is 0.325 e. The second-order valence-corrected chi connectivity index (χ2v) is 7.60. The zero-order valence-electron chi connectivity index (χ0n) is 16.8. The molecule has 7 nitrogen and oxygen atoms in total. The number of fused-ring (bicyclic) bond motifs is 2. The molecule has 30 heavy (non-hydrogen) atoms. The number of rotatable bonds is 5. The summed E-state index contributed by atoms with van der Waals surface area (Å²) in [6.45, 7) is -0.235. The van der Waals surface area contributed by atoms with Crippen molar-refractivity contribution in [3.05, 3.63) is 65.0 Å². The number of hydrogen-bond acceptors (Lipinski definition) is 4. The van der Waals surface area contributed by atoms with Crippen LogP contribution in [0.4, 0.5) is 9.18 Å². The van der Waals surface area contributed by atoms with E-state index in [1.165, 1.54) is 24.1 Å². The van der Waals surface area contributed by atoms with Crippen LogP contribution in [0.2, 0.25) is 0 Å². The summed E-state index contributed by atoms with van der Waals surface area (Å²) in [7, 11) is 2.92. The van der Waals surface area contributed by atoms with E-state index < -0.39 is 29.2 Å². The first kappa shape index (κ1) is 19.9. The maximum Gasteiger partial charge on any atom is 0.325 e. The van der Waals surface area contributed by atoms with Gasteiger partial charge in [0.15, 0.2) is 11.6 Å². The summed E-state index contributed by atoms with van der Waals surface area (Å²) in [4.78, 5) is 40.7. The third-order valence-electron chi connectivity index (χ3n) is 5.78. The number of amides is 4. The van der Waals surface area contributed by atoms with E-state index in [1.807, 2.05) is 24.3 Å². The predicted molar refractivity (Wildman–Crippen MR) is 106 cm³/mol. The molecule has 0 unspecified atom stereocenters. The van der Waals surface area contributed by atoms with E-state index in [4.69, 9.17) is 4.74 Å². The summed E-state index contributed by atoms with van der Waals surface area (Å²) >= 11 is 0. The summed E-state index contributed by atoms with van der Waals surface area (Å²) < 4.78 is 18.8. The van der Waals surface area contributed by atoms with Crippen LogP contribution in [0.3, 0.4) is 0 Å². The number of halogens is 1. The second-order valence-electron chi connectivity index (χ2n) is 7.60. The number of urea groups is 1. The van der Waals surface area contributed by atoms with Crippen molar-refractivity contribution in [1.29, 1.82) is 0 Å². The molecule has 2 aromatic rings. The summed E-state index contributed by atoms with van der Waals surface area (Å²) in [6.07, 6.45) is 1.16. The Bertz CT molecular complexity index is 1040. The minimum absolute atomic E-state index is 0.120. The average molecular weight is 411 g/mol. The van der Waals surface area contributed by atoms with Gasteiger partial charge in [0.2, 0.25) is 5.91 Å². The third-order valence-corrected chi connectivity index (χ3v) is 5.78. The minimum Gasteiger partial charge on any atom is -0.494 e. The Balaban J connectivity index is 1.46. The lowest BCUT2D eigenvalue weighted by Gasteiger charge is -2.23. The van der Waals surface area contributed by atoms with Crippen LogP contribution in [0.1, 0.15) is 23.1 Å². The van der Waals surface area contributed by atoms with Crippen LogP contribution in [-0.4, -0.2) is 48.3 Å². The van der Waals surface area contributed by atoms with Gasteiger partial charge in [-0.25, -0.2) is 9.18 Å². The monoisotopic (exact) mass is 411 g/mol. The van der Waals surface area contributed by atoms with Gasteiger partial charge in [-0.15, -0.1) is 0 Å². The molecule has 4 rings (SSSR count). The highest BCUT2D eigenvalue weighted by Crippen LogP contribution is 2.41. The highest BCUT2D eigenvalue weighted by Gasteiger charge is 2.55. The fourth-order valence-corrected chi connectivity index (χ4v) is 4.16. The lowest BCUT2D eigenvalue weighted by molar-refractivity contribution is -0.138. The Morgan fingerprint density at radius 2 is 2.03 bits per heavy atom. The lowest BCUT2D eigenvalue weighted by atomic mass is 9.92. The lowest BCUT2D eigenvalue weighted by Crippen LogP contribution is -2.44. The number of aryl methyl sites for hydroxylation is 1. The van der Waals surface area contributed by atoms with Gasteiger partial charge in [-0.1, -0.05) is 30.3 Å². The molecule has 1 heterocycles. The van der Waals surface area contributed by atoms with Gasteiger partial charge in [0.1, 0.15) is 12.1 Å². The van der Waals surface area contributed by atoms with Gasteiger partial charge in [-0.2, -0.15) is 0 Å². The van der Waals surface area contributed by atoms with E-state index in [1.54, 1.807) is 13.1 Å². The van der Waals surface area contributed by atoms with Crippen molar-refractivity contribution in [2.75, 3.05) is 20.7 Å². The highest BCUT2D eigenvalue weighted by atomic mass is 19.1. The third kappa shape index (κ3) is 3.18. The molecule has 1 fully saturated rings. The van der Waals surface area contributed by atoms with Crippen LogP contribution in [0.15, 0.2) is 42.5 Å². The average Bonchev–Trinajstić information content (AvgIpc) is 3.21. The van der Waals surface area contributed by atoms with Crippen LogP contribution in [0.25, 0.3) is 0 Å². The number of carbonyl (C=O) groups excluding carboxylic acids is 3. The molecule has 0 aromatic heterocycles. The number of likely N-dealkylation sites (N-methyl/N-ethyl adjacent to an activating group) is 1. The van der Waals surface area contributed by atoms with Gasteiger partial charge in [0, 0.05) is 13.6 Å². The van der Waals surface area contributed by atoms with E-state index in [0.29, 0.717) is 18.4 Å². The molecule has 1 spiro atoms. The Kier molecular flexibility index (Phi) is 4.93. The molecule has 156 valence electrons. The zero-order chi connectivity index (χ0) is 21.5. The molecule has 1 atom stereocenters. The number of benzene rings is 2. The maximum atomic E-state index is 13.9. The van der Waals surface area contributed by atoms with Gasteiger partial charge in [0.25, 0.3) is 5.91 Å². The van der Waals surface area contributed by atoms with Crippen LogP contribution < -0.4 is 10.1 Å². The van der Waals surface area contributed by atoms with Gasteiger partial charge >= 0.3 is 6.03 Å². The highest BCUT2D eigenvalue weighted by molar-refractivity contribution is 6.09. The molecule has 1 saturated heterocycles. The summed E-state index contributed by atoms with van der Waals surface area (Å²) in [6, 6.07) is 11.4. The van der Waals surface area contributed by atoms with E-state index in [0.717, 1.165) is 16.0 Å². The van der Waals surface area contributed by atoms with Crippen LogP contribution in [0.5, 0.6) is 5.75 Å². The first-order valence-electron chi connectivity index (χ1n) is 9.64. The SMILES string of the molecule is COc1ccc(CN(C)C(=O)CN2C(=O)N[C@@]3(CCc4ccccc43)C2=O)cc1F. The summed E-state index contributed by atoms with van der Waals surface area (Å²) in [5, 5.41) is 2.80. The van der Waals surface area contributed by atoms with Crippen molar-refractivity contribution in [3.63, 3.8) is 0 Å². The van der Waals surface area contributed by atoms with Crippen LogP contribution >= 0.6 is 0 Å². The Hall–Kier alpha value is -3.42. The number of nitrogens with zero attached hydrogens (tertiary/aromatic N) is 2. The molecule has 0 saturated carbocycles. The molecule has 8 heteroatoms. The van der Waals surface area contributed by atoms with Crippen molar-refractivity contribution >= 4 is 17.8 Å². The number of hydrogen-bond donors (Lipinski definition) is 1. The first-order chi connectivity index (χ1) is 14.4. The maximum absolute atomic E-state index is 13.9. The number of ether oxygens (including phenoxy) is 1. The van der Waals surface area contributed by atoms with E-state index >= 15 is 0 Å². The molecule has 1 N–H and O–H groups in total. The number of imide groups is 1. The zero-order valence-corrected chi connectivity index (χ0v) is 16.8. The minimum atomic E-state index is -1.09. The Labute approximate surface area is 173 Å². The number of carbonyl (C=O) groups is 3. The Morgan fingerprint density at radius 1 is 1.27 bits per heavy atom. The van der Waals surface area contributed by atoms with Crippen molar-refractivity contribution in [1.82, 2.24) is 15.1 Å². The topological polar surface area (TPSA) is 79.0 Å². The van der Waals surface area contributed by atoms with Crippen molar-refractivity contribution in [3.8, 4) is 5.75 Å². The fraction of sp³-hybridized carbons (Fsp3) is 0.318. The van der Waals surface area contributed by atoms with E-state index in [-0.39, 0.29) is 18.8 Å². The molecule has 2 aromatic carbocycles. The molecule has 2 aliphatic rings. The number of nitrogens with one attached hydrogen (secondary N) is 1.